The number of sulfonamides is 1. The number of nitrogens with zero attached hydrogens (tertiary/aromatic N) is 3. The second-order valence-electron chi connectivity index (χ2n) is 7.37. The Labute approximate surface area is 168 Å². The highest BCUT2D eigenvalue weighted by atomic mass is 32.2. The molecule has 0 spiro atoms. The summed E-state index contributed by atoms with van der Waals surface area (Å²) in [5.41, 5.74) is -0.00641. The first-order chi connectivity index (χ1) is 13.5. The molecule has 0 amide bonds. The second-order valence-corrected chi connectivity index (χ2v) is 9.31. The van der Waals surface area contributed by atoms with Gasteiger partial charge in [-0.1, -0.05) is 12.1 Å². The number of hydrogen-bond acceptors (Lipinski definition) is 6. The Morgan fingerprint density at radius 1 is 1.07 bits per heavy atom. The van der Waals surface area contributed by atoms with Gasteiger partial charge in [-0.3, -0.25) is 10.1 Å². The molecule has 1 saturated heterocycles. The van der Waals surface area contributed by atoms with Crippen LogP contribution in [0.2, 0.25) is 0 Å². The molecule has 3 rings (SSSR count). The van der Waals surface area contributed by atoms with Gasteiger partial charge in [-0.05, 0) is 37.6 Å². The molecule has 0 atom stereocenters. The Kier molecular flexibility index (Phi) is 5.61. The Morgan fingerprint density at radius 3 is 2.14 bits per heavy atom. The zero-order valence-electron chi connectivity index (χ0n) is 16.1. The summed E-state index contributed by atoms with van der Waals surface area (Å²) in [5, 5.41) is 20.8. The lowest BCUT2D eigenvalue weighted by atomic mass is 9.98. The third-order valence-electron chi connectivity index (χ3n) is 4.93. The van der Waals surface area contributed by atoms with E-state index < -0.39 is 32.1 Å². The maximum atomic E-state index is 13.8. The number of benzene rings is 2. The number of anilines is 1. The summed E-state index contributed by atoms with van der Waals surface area (Å²) in [6.45, 7) is 4.69. The number of rotatable bonds is 5. The third kappa shape index (κ3) is 4.39. The third-order valence-corrected chi connectivity index (χ3v) is 6.83. The van der Waals surface area contributed by atoms with Gasteiger partial charge in [0.25, 0.3) is 0 Å². The Balaban J connectivity index is 1.71. The minimum Gasteiger partial charge on any atom is -0.386 e. The van der Waals surface area contributed by atoms with Gasteiger partial charge in [0, 0.05) is 44.0 Å². The van der Waals surface area contributed by atoms with E-state index in [1.807, 2.05) is 29.2 Å². The number of nitro groups is 1. The smallest absolute Gasteiger partial charge is 0.304 e. The highest BCUT2D eigenvalue weighted by Crippen LogP contribution is 2.26. The summed E-state index contributed by atoms with van der Waals surface area (Å²) in [7, 11) is -3.95. The van der Waals surface area contributed by atoms with Crippen LogP contribution in [-0.4, -0.2) is 48.9 Å². The lowest BCUT2D eigenvalue weighted by molar-refractivity contribution is -0.387. The second kappa shape index (κ2) is 7.69. The van der Waals surface area contributed by atoms with Gasteiger partial charge in [-0.2, -0.15) is 8.70 Å². The van der Waals surface area contributed by atoms with Crippen molar-refractivity contribution in [3.05, 3.63) is 64.0 Å². The fraction of sp³-hybridized carbons (Fsp3) is 0.368. The molecule has 0 saturated carbocycles. The molecule has 10 heteroatoms. The minimum absolute atomic E-state index is 0.203. The highest BCUT2D eigenvalue weighted by molar-refractivity contribution is 7.89. The Bertz CT molecular complexity index is 1010. The molecule has 2 aromatic rings. The van der Waals surface area contributed by atoms with E-state index in [2.05, 4.69) is 0 Å². The van der Waals surface area contributed by atoms with Crippen LogP contribution in [0.5, 0.6) is 0 Å². The molecule has 1 N–H and O–H groups in total. The van der Waals surface area contributed by atoms with Gasteiger partial charge >= 0.3 is 5.69 Å². The molecule has 8 nitrogen and oxygen atoms in total. The van der Waals surface area contributed by atoms with Crippen LogP contribution in [0, 0.1) is 15.9 Å². The normalized spacial score (nSPS) is 16.1. The average Bonchev–Trinajstić information content (AvgIpc) is 2.67. The van der Waals surface area contributed by atoms with E-state index in [9.17, 15) is 28.0 Å². The summed E-state index contributed by atoms with van der Waals surface area (Å²) in [6.07, 6.45) is 0. The van der Waals surface area contributed by atoms with Crippen LogP contribution in [0.3, 0.4) is 0 Å². The van der Waals surface area contributed by atoms with Crippen molar-refractivity contribution in [1.29, 1.82) is 0 Å². The average molecular weight is 423 g/mol. The van der Waals surface area contributed by atoms with Gasteiger partial charge < -0.3 is 10.0 Å². The van der Waals surface area contributed by atoms with Crippen LogP contribution in [0.25, 0.3) is 0 Å². The maximum absolute atomic E-state index is 13.8. The first kappa shape index (κ1) is 21.2. The predicted octanol–water partition coefficient (Wildman–Crippen LogP) is 2.47. The SMILES string of the molecule is CC(C)(O)c1ccc(N2CCN(S(=O)(=O)c3ccc([N+](=O)[O-])c(F)c3)CC2)cc1. The molecule has 0 unspecified atom stereocenters. The van der Waals surface area contributed by atoms with E-state index in [0.717, 1.165) is 23.4 Å². The molecule has 0 aliphatic carbocycles. The minimum atomic E-state index is -3.95. The van der Waals surface area contributed by atoms with Gasteiger partial charge in [-0.25, -0.2) is 8.42 Å². The Hall–Kier alpha value is -2.56. The van der Waals surface area contributed by atoms with Crippen LogP contribution < -0.4 is 4.90 Å². The van der Waals surface area contributed by atoms with Crippen molar-refractivity contribution in [3.63, 3.8) is 0 Å². The quantitative estimate of drug-likeness (QED) is 0.585. The van der Waals surface area contributed by atoms with Crippen molar-refractivity contribution in [2.24, 2.45) is 0 Å². The lowest BCUT2D eigenvalue weighted by Crippen LogP contribution is -2.48. The van der Waals surface area contributed by atoms with Crippen LogP contribution in [0.15, 0.2) is 47.4 Å². The molecule has 0 bridgehead atoms. The number of aliphatic hydroxyl groups is 1. The number of nitro benzene ring substituents is 1. The van der Waals surface area contributed by atoms with Gasteiger partial charge in [0.1, 0.15) is 0 Å². The molecule has 0 aromatic heterocycles. The van der Waals surface area contributed by atoms with Crippen LogP contribution in [0.4, 0.5) is 15.8 Å². The first-order valence-corrected chi connectivity index (χ1v) is 10.5. The predicted molar refractivity (Wildman–Crippen MR) is 106 cm³/mol. The van der Waals surface area contributed by atoms with Crippen molar-refractivity contribution in [2.45, 2.75) is 24.3 Å². The molecule has 1 fully saturated rings. The van der Waals surface area contributed by atoms with E-state index in [0.29, 0.717) is 19.2 Å². The van der Waals surface area contributed by atoms with Crippen molar-refractivity contribution in [3.8, 4) is 0 Å². The fourth-order valence-corrected chi connectivity index (χ4v) is 4.65. The number of piperazine rings is 1. The van der Waals surface area contributed by atoms with E-state index in [1.54, 1.807) is 13.8 Å². The largest absolute Gasteiger partial charge is 0.386 e. The van der Waals surface area contributed by atoms with Crippen LogP contribution in [0.1, 0.15) is 19.4 Å². The van der Waals surface area contributed by atoms with Gasteiger partial charge in [0.05, 0.1) is 15.4 Å². The maximum Gasteiger partial charge on any atom is 0.304 e. The van der Waals surface area contributed by atoms with E-state index in [4.69, 9.17) is 0 Å². The van der Waals surface area contributed by atoms with E-state index >= 15 is 0 Å². The van der Waals surface area contributed by atoms with Crippen LogP contribution in [-0.2, 0) is 15.6 Å². The zero-order chi connectivity index (χ0) is 21.4. The topological polar surface area (TPSA) is 104 Å². The number of hydrogen-bond donors (Lipinski definition) is 1. The summed E-state index contributed by atoms with van der Waals surface area (Å²) in [6, 6.07) is 10.0. The molecule has 156 valence electrons. The van der Waals surface area contributed by atoms with Crippen molar-refractivity contribution >= 4 is 21.4 Å². The van der Waals surface area contributed by atoms with E-state index in [-0.39, 0.29) is 18.0 Å². The number of halogens is 1. The van der Waals surface area contributed by atoms with Crippen molar-refractivity contribution in [2.75, 3.05) is 31.1 Å². The van der Waals surface area contributed by atoms with Crippen molar-refractivity contribution < 1.29 is 22.8 Å². The lowest BCUT2D eigenvalue weighted by Gasteiger charge is -2.35. The molecule has 0 radical (unpaired) electrons. The first-order valence-electron chi connectivity index (χ1n) is 9.02. The highest BCUT2D eigenvalue weighted by Gasteiger charge is 2.30. The molecule has 1 aliphatic heterocycles. The molecule has 1 heterocycles. The molecule has 29 heavy (non-hydrogen) atoms. The monoisotopic (exact) mass is 423 g/mol. The summed E-state index contributed by atoms with van der Waals surface area (Å²) in [5.74, 6) is -1.18. The molecule has 2 aromatic carbocycles. The molecule has 1 aliphatic rings. The van der Waals surface area contributed by atoms with Gasteiger partial charge in [0.15, 0.2) is 0 Å². The Morgan fingerprint density at radius 2 is 1.66 bits per heavy atom. The van der Waals surface area contributed by atoms with Crippen LogP contribution >= 0.6 is 0 Å². The van der Waals surface area contributed by atoms with Gasteiger partial charge in [-0.15, -0.1) is 0 Å². The standard InChI is InChI=1S/C19H22FN3O5S/c1-19(2,24)14-3-5-15(6-4-14)21-9-11-22(12-10-21)29(27,28)16-7-8-18(23(25)26)17(20)13-16/h3-8,13,24H,9-12H2,1-2H3. The zero-order valence-corrected chi connectivity index (χ0v) is 16.9. The van der Waals surface area contributed by atoms with Crippen molar-refractivity contribution in [1.82, 2.24) is 4.31 Å². The summed E-state index contributed by atoms with van der Waals surface area (Å²) >= 11 is 0. The van der Waals surface area contributed by atoms with E-state index in [1.165, 1.54) is 4.31 Å². The summed E-state index contributed by atoms with van der Waals surface area (Å²) in [4.78, 5) is 11.5. The molecular formula is C19H22FN3O5S. The molecular weight excluding hydrogens is 401 g/mol. The van der Waals surface area contributed by atoms with Gasteiger partial charge in [0.2, 0.25) is 15.8 Å². The summed E-state index contributed by atoms with van der Waals surface area (Å²) < 4.78 is 40.6. The fourth-order valence-electron chi connectivity index (χ4n) is 3.21.